The summed E-state index contributed by atoms with van der Waals surface area (Å²) < 4.78 is 0. The van der Waals surface area contributed by atoms with Crippen LogP contribution in [0.1, 0.15) is 30.7 Å². The van der Waals surface area contributed by atoms with Crippen LogP contribution in [0.25, 0.3) is 0 Å². The Morgan fingerprint density at radius 3 is 3.14 bits per heavy atom. The minimum Gasteiger partial charge on any atom is -0.392 e. The van der Waals surface area contributed by atoms with Crippen molar-refractivity contribution in [3.05, 3.63) is 22.4 Å². The van der Waals surface area contributed by atoms with Gasteiger partial charge in [0.2, 0.25) is 0 Å². The molecule has 78 valence electrons. The fourth-order valence-electron chi connectivity index (χ4n) is 2.04. The summed E-state index contributed by atoms with van der Waals surface area (Å²) >= 11 is 1.80. The van der Waals surface area contributed by atoms with Crippen molar-refractivity contribution in [2.75, 3.05) is 13.1 Å². The van der Waals surface area contributed by atoms with Crippen LogP contribution in [0.4, 0.5) is 0 Å². The zero-order chi connectivity index (χ0) is 9.97. The second-order valence-electron chi connectivity index (χ2n) is 3.98. The third-order valence-electron chi connectivity index (χ3n) is 2.93. The molecule has 0 saturated carbocycles. The lowest BCUT2D eigenvalue weighted by Crippen LogP contribution is -2.39. The lowest BCUT2D eigenvalue weighted by molar-refractivity contribution is 0.0511. The topological polar surface area (TPSA) is 23.5 Å². The van der Waals surface area contributed by atoms with Crippen molar-refractivity contribution < 1.29 is 5.11 Å². The Morgan fingerprint density at radius 2 is 2.50 bits per heavy atom. The van der Waals surface area contributed by atoms with Crippen LogP contribution in [0.15, 0.2) is 17.5 Å². The largest absolute Gasteiger partial charge is 0.392 e. The van der Waals surface area contributed by atoms with Gasteiger partial charge in [0.1, 0.15) is 0 Å². The van der Waals surface area contributed by atoms with Crippen molar-refractivity contribution in [2.45, 2.75) is 31.9 Å². The van der Waals surface area contributed by atoms with Crippen LogP contribution < -0.4 is 0 Å². The van der Waals surface area contributed by atoms with E-state index >= 15 is 0 Å². The molecule has 0 amide bonds. The fraction of sp³-hybridized carbons (Fsp3) is 0.636. The molecule has 2 rings (SSSR count). The zero-order valence-electron chi connectivity index (χ0n) is 8.52. The molecule has 0 bridgehead atoms. The highest BCUT2D eigenvalue weighted by atomic mass is 32.1. The van der Waals surface area contributed by atoms with Gasteiger partial charge in [-0.3, -0.25) is 4.90 Å². The average molecular weight is 211 g/mol. The summed E-state index contributed by atoms with van der Waals surface area (Å²) in [4.78, 5) is 3.78. The molecule has 1 N–H and O–H groups in total. The Hall–Kier alpha value is -0.380. The van der Waals surface area contributed by atoms with Crippen molar-refractivity contribution in [3.8, 4) is 0 Å². The highest BCUT2D eigenvalue weighted by molar-refractivity contribution is 7.10. The normalized spacial score (nSPS) is 26.3. The molecular formula is C11H17NOS. The Labute approximate surface area is 89.2 Å². The molecule has 3 heteroatoms. The van der Waals surface area contributed by atoms with Gasteiger partial charge in [0.05, 0.1) is 6.10 Å². The average Bonchev–Trinajstić information content (AvgIpc) is 2.69. The Bertz CT molecular complexity index is 273. The van der Waals surface area contributed by atoms with Gasteiger partial charge in [-0.2, -0.15) is 0 Å². The maximum absolute atomic E-state index is 9.59. The van der Waals surface area contributed by atoms with E-state index in [1.54, 1.807) is 11.3 Å². The fourth-order valence-corrected chi connectivity index (χ4v) is 2.86. The van der Waals surface area contributed by atoms with Crippen LogP contribution in [0.2, 0.25) is 0 Å². The Kier molecular flexibility index (Phi) is 3.21. The number of thiophene rings is 1. The second kappa shape index (κ2) is 4.43. The van der Waals surface area contributed by atoms with Crippen molar-refractivity contribution in [1.29, 1.82) is 0 Å². The number of hydrogen-bond donors (Lipinski definition) is 1. The molecule has 0 aliphatic carbocycles. The van der Waals surface area contributed by atoms with Gasteiger partial charge in [-0.15, -0.1) is 11.3 Å². The van der Waals surface area contributed by atoms with Crippen LogP contribution in [0.3, 0.4) is 0 Å². The maximum atomic E-state index is 9.59. The number of rotatable bonds is 2. The summed E-state index contributed by atoms with van der Waals surface area (Å²) in [6.45, 7) is 4.18. The predicted octanol–water partition coefficient (Wildman–Crippen LogP) is 2.27. The highest BCUT2D eigenvalue weighted by Gasteiger charge is 2.23. The first-order valence-electron chi connectivity index (χ1n) is 5.23. The third kappa shape index (κ3) is 2.16. The van der Waals surface area contributed by atoms with Gasteiger partial charge in [-0.05, 0) is 37.8 Å². The van der Waals surface area contributed by atoms with E-state index in [1.807, 2.05) is 0 Å². The Balaban J connectivity index is 2.00. The van der Waals surface area contributed by atoms with Gasteiger partial charge in [0, 0.05) is 17.5 Å². The Morgan fingerprint density at radius 1 is 1.64 bits per heavy atom. The molecule has 1 aromatic heterocycles. The van der Waals surface area contributed by atoms with Crippen LogP contribution in [-0.4, -0.2) is 29.2 Å². The van der Waals surface area contributed by atoms with Crippen molar-refractivity contribution in [2.24, 2.45) is 0 Å². The van der Waals surface area contributed by atoms with E-state index < -0.39 is 0 Å². The minimum atomic E-state index is -0.119. The highest BCUT2D eigenvalue weighted by Crippen LogP contribution is 2.27. The van der Waals surface area contributed by atoms with Crippen LogP contribution in [0.5, 0.6) is 0 Å². The summed E-state index contributed by atoms with van der Waals surface area (Å²) in [6, 6.07) is 4.73. The summed E-state index contributed by atoms with van der Waals surface area (Å²) in [7, 11) is 0. The molecule has 1 aliphatic heterocycles. The quantitative estimate of drug-likeness (QED) is 0.811. The third-order valence-corrected chi connectivity index (χ3v) is 3.97. The van der Waals surface area contributed by atoms with Gasteiger partial charge in [0.25, 0.3) is 0 Å². The second-order valence-corrected chi connectivity index (χ2v) is 4.96. The first-order chi connectivity index (χ1) is 6.77. The molecule has 2 heterocycles. The molecule has 2 nitrogen and oxygen atoms in total. The monoisotopic (exact) mass is 211 g/mol. The van der Waals surface area contributed by atoms with Crippen molar-refractivity contribution in [1.82, 2.24) is 4.90 Å². The molecule has 1 aliphatic rings. The number of likely N-dealkylation sites (tertiary alicyclic amines) is 1. The molecule has 1 saturated heterocycles. The van der Waals surface area contributed by atoms with Gasteiger partial charge < -0.3 is 5.11 Å². The molecule has 0 aromatic carbocycles. The molecule has 0 radical (unpaired) electrons. The number of piperidine rings is 1. The minimum absolute atomic E-state index is 0.119. The molecule has 2 atom stereocenters. The summed E-state index contributed by atoms with van der Waals surface area (Å²) in [5.41, 5.74) is 0. The van der Waals surface area contributed by atoms with Gasteiger partial charge in [-0.1, -0.05) is 6.07 Å². The first-order valence-corrected chi connectivity index (χ1v) is 6.11. The number of β-amino-alcohol motifs (C(OH)–C–C–N with tert-alkyl or cyclic N) is 1. The molecule has 1 fully saturated rings. The number of nitrogens with zero attached hydrogens (tertiary/aromatic N) is 1. The SMILES string of the molecule is C[C@H](c1cccs1)N1CCC[C@H](O)C1. The van der Waals surface area contributed by atoms with Gasteiger partial charge in [-0.25, -0.2) is 0 Å². The molecule has 0 spiro atoms. The summed E-state index contributed by atoms with van der Waals surface area (Å²) in [5.74, 6) is 0. The van der Waals surface area contributed by atoms with Crippen molar-refractivity contribution in [3.63, 3.8) is 0 Å². The van der Waals surface area contributed by atoms with Crippen LogP contribution in [0, 0.1) is 0 Å². The van der Waals surface area contributed by atoms with Crippen LogP contribution in [-0.2, 0) is 0 Å². The summed E-state index contributed by atoms with van der Waals surface area (Å²) in [6.07, 6.45) is 1.97. The zero-order valence-corrected chi connectivity index (χ0v) is 9.33. The number of hydrogen-bond acceptors (Lipinski definition) is 3. The van der Waals surface area contributed by atoms with Crippen LogP contribution >= 0.6 is 11.3 Å². The molecule has 0 unspecified atom stereocenters. The van der Waals surface area contributed by atoms with E-state index in [2.05, 4.69) is 29.3 Å². The molecule has 1 aromatic rings. The van der Waals surface area contributed by atoms with Gasteiger partial charge >= 0.3 is 0 Å². The van der Waals surface area contributed by atoms with Gasteiger partial charge in [0.15, 0.2) is 0 Å². The maximum Gasteiger partial charge on any atom is 0.0667 e. The lowest BCUT2D eigenvalue weighted by Gasteiger charge is -2.34. The van der Waals surface area contributed by atoms with Crippen molar-refractivity contribution >= 4 is 11.3 Å². The van der Waals surface area contributed by atoms with E-state index in [0.29, 0.717) is 6.04 Å². The smallest absolute Gasteiger partial charge is 0.0667 e. The van der Waals surface area contributed by atoms with E-state index in [-0.39, 0.29) is 6.10 Å². The summed E-state index contributed by atoms with van der Waals surface area (Å²) in [5, 5.41) is 11.7. The molecule has 14 heavy (non-hydrogen) atoms. The standard InChI is InChI=1S/C11H17NOS/c1-9(11-5-3-7-14-11)12-6-2-4-10(13)8-12/h3,5,7,9-10,13H,2,4,6,8H2,1H3/t9-,10+/m1/s1. The van der Waals surface area contributed by atoms with E-state index in [1.165, 1.54) is 4.88 Å². The van der Waals surface area contributed by atoms with E-state index in [0.717, 1.165) is 25.9 Å². The predicted molar refractivity (Wildman–Crippen MR) is 59.5 cm³/mol. The number of aliphatic hydroxyl groups is 1. The molecular weight excluding hydrogens is 194 g/mol. The van der Waals surface area contributed by atoms with E-state index in [9.17, 15) is 5.11 Å². The number of aliphatic hydroxyl groups excluding tert-OH is 1. The van der Waals surface area contributed by atoms with E-state index in [4.69, 9.17) is 0 Å². The lowest BCUT2D eigenvalue weighted by atomic mass is 10.1. The first kappa shape index (κ1) is 10.1.